The molecule has 0 saturated heterocycles. The molecule has 0 aliphatic carbocycles. The molecule has 0 bridgehead atoms. The fourth-order valence-electron chi connectivity index (χ4n) is 2.51. The van der Waals surface area contributed by atoms with Gasteiger partial charge < -0.3 is 10.1 Å². The molecule has 0 fully saturated rings. The van der Waals surface area contributed by atoms with Crippen LogP contribution in [0.3, 0.4) is 0 Å². The van der Waals surface area contributed by atoms with E-state index in [1.807, 2.05) is 18.5 Å². The number of rotatable bonds is 7. The van der Waals surface area contributed by atoms with E-state index in [-0.39, 0.29) is 5.91 Å². The maximum atomic E-state index is 12.1. The van der Waals surface area contributed by atoms with Gasteiger partial charge in [0.2, 0.25) is 11.8 Å². The summed E-state index contributed by atoms with van der Waals surface area (Å²) in [5.74, 6) is 0.426. The van der Waals surface area contributed by atoms with Crippen LogP contribution in [0.25, 0.3) is 0 Å². The molecular weight excluding hydrogens is 306 g/mol. The molecule has 2 aromatic heterocycles. The maximum Gasteiger partial charge on any atom is 0.224 e. The third kappa shape index (κ3) is 4.32. The number of aryl methyl sites for hydroxylation is 2. The molecule has 24 heavy (non-hydrogen) atoms. The van der Waals surface area contributed by atoms with E-state index in [0.717, 1.165) is 17.0 Å². The van der Waals surface area contributed by atoms with Crippen molar-refractivity contribution >= 4 is 11.6 Å². The average molecular weight is 327 g/mol. The van der Waals surface area contributed by atoms with Crippen LogP contribution in [0.4, 0.5) is 5.69 Å². The van der Waals surface area contributed by atoms with Crippen molar-refractivity contribution < 1.29 is 9.53 Å². The van der Waals surface area contributed by atoms with Gasteiger partial charge in [-0.05, 0) is 31.9 Å². The standard InChI is InChI=1S/C17H21N5O2/c1-12-15(13(2)22(21-12)10-4-9-18)6-7-16(23)20-14-5-8-17(24-3)19-11-14/h5,8,11H,4,6-7,10H2,1-3H3,(H,20,23). The van der Waals surface area contributed by atoms with Gasteiger partial charge in [-0.3, -0.25) is 9.48 Å². The van der Waals surface area contributed by atoms with Crippen molar-refractivity contribution in [2.45, 2.75) is 39.7 Å². The Kier molecular flexibility index (Phi) is 5.90. The van der Waals surface area contributed by atoms with Gasteiger partial charge in [-0.1, -0.05) is 0 Å². The predicted molar refractivity (Wildman–Crippen MR) is 89.7 cm³/mol. The van der Waals surface area contributed by atoms with E-state index in [9.17, 15) is 4.79 Å². The summed E-state index contributed by atoms with van der Waals surface area (Å²) < 4.78 is 6.82. The van der Waals surface area contributed by atoms with Crippen molar-refractivity contribution in [1.82, 2.24) is 14.8 Å². The molecule has 1 N–H and O–H groups in total. The molecule has 7 nitrogen and oxygen atoms in total. The Morgan fingerprint density at radius 3 is 2.83 bits per heavy atom. The van der Waals surface area contributed by atoms with E-state index >= 15 is 0 Å². The Morgan fingerprint density at radius 1 is 1.42 bits per heavy atom. The Hall–Kier alpha value is -2.88. The molecule has 0 spiro atoms. The van der Waals surface area contributed by atoms with Crippen LogP contribution in [0.2, 0.25) is 0 Å². The average Bonchev–Trinajstić information content (AvgIpc) is 2.85. The molecule has 0 aliphatic rings. The summed E-state index contributed by atoms with van der Waals surface area (Å²) >= 11 is 0. The second-order valence-corrected chi connectivity index (χ2v) is 5.42. The van der Waals surface area contributed by atoms with Crippen LogP contribution in [0.5, 0.6) is 5.88 Å². The molecule has 0 aromatic carbocycles. The Bertz CT molecular complexity index is 744. The highest BCUT2D eigenvalue weighted by Gasteiger charge is 2.13. The minimum Gasteiger partial charge on any atom is -0.481 e. The Labute approximate surface area is 141 Å². The van der Waals surface area contributed by atoms with Gasteiger partial charge in [0, 0.05) is 18.2 Å². The fraction of sp³-hybridized carbons (Fsp3) is 0.412. The van der Waals surface area contributed by atoms with E-state index in [1.165, 1.54) is 0 Å². The molecule has 0 atom stereocenters. The third-order valence-electron chi connectivity index (χ3n) is 3.80. The molecule has 2 heterocycles. The lowest BCUT2D eigenvalue weighted by Gasteiger charge is -2.06. The van der Waals surface area contributed by atoms with E-state index < -0.39 is 0 Å². The first kappa shape index (κ1) is 17.5. The first-order chi connectivity index (χ1) is 11.5. The molecule has 0 aliphatic heterocycles. The lowest BCUT2D eigenvalue weighted by atomic mass is 10.1. The summed E-state index contributed by atoms with van der Waals surface area (Å²) in [5, 5.41) is 15.9. The second-order valence-electron chi connectivity index (χ2n) is 5.42. The van der Waals surface area contributed by atoms with E-state index in [4.69, 9.17) is 10.00 Å². The van der Waals surface area contributed by atoms with Crippen molar-refractivity contribution in [2.24, 2.45) is 0 Å². The van der Waals surface area contributed by atoms with Crippen molar-refractivity contribution in [3.8, 4) is 11.9 Å². The number of nitrogens with zero attached hydrogens (tertiary/aromatic N) is 4. The number of hydrogen-bond donors (Lipinski definition) is 1. The summed E-state index contributed by atoms with van der Waals surface area (Å²) in [6.07, 6.45) is 2.96. The summed E-state index contributed by atoms with van der Waals surface area (Å²) in [5.41, 5.74) is 3.63. The lowest BCUT2D eigenvalue weighted by molar-refractivity contribution is -0.116. The van der Waals surface area contributed by atoms with Gasteiger partial charge >= 0.3 is 0 Å². The van der Waals surface area contributed by atoms with Gasteiger partial charge in [0.15, 0.2) is 0 Å². The molecule has 2 rings (SSSR count). The van der Waals surface area contributed by atoms with Crippen molar-refractivity contribution in [2.75, 3.05) is 12.4 Å². The number of anilines is 1. The number of hydrogen-bond acceptors (Lipinski definition) is 5. The number of amides is 1. The first-order valence-corrected chi connectivity index (χ1v) is 7.75. The number of ether oxygens (including phenoxy) is 1. The molecule has 7 heteroatoms. The molecule has 2 aromatic rings. The van der Waals surface area contributed by atoms with Gasteiger partial charge in [-0.2, -0.15) is 10.4 Å². The van der Waals surface area contributed by atoms with Gasteiger partial charge in [0.05, 0.1) is 43.7 Å². The molecule has 0 saturated carbocycles. The number of carbonyl (C=O) groups is 1. The zero-order chi connectivity index (χ0) is 17.5. The van der Waals surface area contributed by atoms with Crippen LogP contribution in [0.1, 0.15) is 29.8 Å². The van der Waals surface area contributed by atoms with E-state index in [0.29, 0.717) is 37.4 Å². The molecular formula is C17H21N5O2. The van der Waals surface area contributed by atoms with Crippen LogP contribution in [-0.4, -0.2) is 27.8 Å². The van der Waals surface area contributed by atoms with Crippen LogP contribution < -0.4 is 10.1 Å². The number of aromatic nitrogens is 3. The number of carbonyl (C=O) groups excluding carboxylic acids is 1. The van der Waals surface area contributed by atoms with Crippen LogP contribution in [-0.2, 0) is 17.8 Å². The molecule has 126 valence electrons. The minimum absolute atomic E-state index is 0.0782. The summed E-state index contributed by atoms with van der Waals surface area (Å²) in [6, 6.07) is 5.57. The number of nitrogens with one attached hydrogen (secondary N) is 1. The van der Waals surface area contributed by atoms with Crippen molar-refractivity contribution in [1.29, 1.82) is 5.26 Å². The molecule has 0 unspecified atom stereocenters. The Morgan fingerprint density at radius 2 is 2.21 bits per heavy atom. The highest BCUT2D eigenvalue weighted by atomic mass is 16.5. The molecule has 0 radical (unpaired) electrons. The topological polar surface area (TPSA) is 92.8 Å². The monoisotopic (exact) mass is 327 g/mol. The van der Waals surface area contributed by atoms with Crippen molar-refractivity contribution in [3.63, 3.8) is 0 Å². The summed E-state index contributed by atoms with van der Waals surface area (Å²) in [7, 11) is 1.54. The van der Waals surface area contributed by atoms with Gasteiger partial charge in [-0.15, -0.1) is 0 Å². The van der Waals surface area contributed by atoms with Crippen LogP contribution in [0, 0.1) is 25.2 Å². The fourth-order valence-corrected chi connectivity index (χ4v) is 2.51. The summed E-state index contributed by atoms with van der Waals surface area (Å²) in [6.45, 7) is 4.47. The molecule has 1 amide bonds. The number of nitriles is 1. The number of pyridine rings is 1. The van der Waals surface area contributed by atoms with Crippen molar-refractivity contribution in [3.05, 3.63) is 35.3 Å². The minimum atomic E-state index is -0.0782. The zero-order valence-corrected chi connectivity index (χ0v) is 14.2. The predicted octanol–water partition coefficient (Wildman–Crippen LogP) is 2.39. The van der Waals surface area contributed by atoms with E-state index in [1.54, 1.807) is 25.4 Å². The van der Waals surface area contributed by atoms with Crippen LogP contribution in [0.15, 0.2) is 18.3 Å². The normalized spacial score (nSPS) is 10.2. The van der Waals surface area contributed by atoms with Crippen LogP contribution >= 0.6 is 0 Å². The van der Waals surface area contributed by atoms with Gasteiger partial charge in [-0.25, -0.2) is 4.98 Å². The van der Waals surface area contributed by atoms with Gasteiger partial charge in [0.1, 0.15) is 0 Å². The quantitative estimate of drug-likeness (QED) is 0.843. The highest BCUT2D eigenvalue weighted by Crippen LogP contribution is 2.16. The zero-order valence-electron chi connectivity index (χ0n) is 14.2. The summed E-state index contributed by atoms with van der Waals surface area (Å²) in [4.78, 5) is 16.2. The lowest BCUT2D eigenvalue weighted by Crippen LogP contribution is -2.13. The number of methoxy groups -OCH3 is 1. The van der Waals surface area contributed by atoms with Gasteiger partial charge in [0.25, 0.3) is 0 Å². The highest BCUT2D eigenvalue weighted by molar-refractivity contribution is 5.90. The smallest absolute Gasteiger partial charge is 0.224 e. The first-order valence-electron chi connectivity index (χ1n) is 7.75. The largest absolute Gasteiger partial charge is 0.481 e. The van der Waals surface area contributed by atoms with E-state index in [2.05, 4.69) is 21.5 Å². The third-order valence-corrected chi connectivity index (χ3v) is 3.80. The second kappa shape index (κ2) is 8.11. The SMILES string of the molecule is COc1ccc(NC(=O)CCc2c(C)nn(CCC#N)c2C)cn1. The maximum absolute atomic E-state index is 12.1. The Balaban J connectivity index is 1.93.